The van der Waals surface area contributed by atoms with Crippen LogP contribution in [0.25, 0.3) is 0 Å². The zero-order valence-electron chi connectivity index (χ0n) is 13.0. The molecule has 0 aliphatic rings. The molecule has 0 radical (unpaired) electrons. The number of sulfone groups is 1. The van der Waals surface area contributed by atoms with E-state index in [1.807, 2.05) is 0 Å². The molecule has 1 N–H and O–H groups in total. The predicted octanol–water partition coefficient (Wildman–Crippen LogP) is 1.84. The zero-order chi connectivity index (χ0) is 17.6. The van der Waals surface area contributed by atoms with Crippen molar-refractivity contribution in [3.05, 3.63) is 66.2 Å². The summed E-state index contributed by atoms with van der Waals surface area (Å²) >= 11 is 0. The van der Waals surface area contributed by atoms with Gasteiger partial charge in [-0.3, -0.25) is 9.59 Å². The topological polar surface area (TPSA) is 92.7 Å². The lowest BCUT2D eigenvalue weighted by Gasteiger charge is -2.04. The third kappa shape index (κ3) is 4.60. The van der Waals surface area contributed by atoms with E-state index in [2.05, 4.69) is 10.5 Å². The van der Waals surface area contributed by atoms with Crippen molar-refractivity contribution in [2.75, 3.05) is 5.75 Å². The van der Waals surface area contributed by atoms with Gasteiger partial charge >= 0.3 is 0 Å². The molecule has 2 aromatic carbocycles. The molecule has 6 nitrogen and oxygen atoms in total. The summed E-state index contributed by atoms with van der Waals surface area (Å²) < 4.78 is 24.1. The first-order valence-electron chi connectivity index (χ1n) is 7.11. The quantitative estimate of drug-likeness (QED) is 0.491. The third-order valence-corrected chi connectivity index (χ3v) is 4.77. The van der Waals surface area contributed by atoms with Crippen LogP contribution in [0.3, 0.4) is 0 Å². The summed E-state index contributed by atoms with van der Waals surface area (Å²) in [7, 11) is -3.75. The van der Waals surface area contributed by atoms with Gasteiger partial charge in [0, 0.05) is 5.56 Å². The normalized spacial score (nSPS) is 11.8. The Balaban J connectivity index is 2.01. The second-order valence-electron chi connectivity index (χ2n) is 5.00. The molecule has 124 valence electrons. The van der Waals surface area contributed by atoms with Crippen LogP contribution in [0.15, 0.2) is 70.7 Å². The number of hydrazone groups is 1. The molecular formula is C17H16N2O4S. The monoisotopic (exact) mass is 344 g/mol. The highest BCUT2D eigenvalue weighted by atomic mass is 32.2. The number of carbonyl (C=O) groups is 2. The van der Waals surface area contributed by atoms with E-state index in [1.54, 1.807) is 48.5 Å². The molecule has 0 saturated heterocycles. The number of rotatable bonds is 6. The van der Waals surface area contributed by atoms with E-state index in [9.17, 15) is 18.0 Å². The second-order valence-corrected chi connectivity index (χ2v) is 6.99. The minimum Gasteiger partial charge on any atom is -0.287 e. The van der Waals surface area contributed by atoms with Gasteiger partial charge in [0.2, 0.25) is 5.78 Å². The van der Waals surface area contributed by atoms with Crippen molar-refractivity contribution >= 4 is 27.2 Å². The van der Waals surface area contributed by atoms with Gasteiger partial charge in [-0.1, -0.05) is 48.5 Å². The zero-order valence-corrected chi connectivity index (χ0v) is 13.8. The van der Waals surface area contributed by atoms with Gasteiger partial charge < -0.3 is 0 Å². The van der Waals surface area contributed by atoms with Crippen LogP contribution in [0.5, 0.6) is 0 Å². The Morgan fingerprint density at radius 1 is 0.958 bits per heavy atom. The minimum atomic E-state index is -3.75. The van der Waals surface area contributed by atoms with Gasteiger partial charge in [-0.05, 0) is 19.1 Å². The molecule has 0 fully saturated rings. The van der Waals surface area contributed by atoms with Crippen LogP contribution in [0, 0.1) is 0 Å². The van der Waals surface area contributed by atoms with Gasteiger partial charge in [-0.25, -0.2) is 13.8 Å². The molecule has 1 amide bonds. The van der Waals surface area contributed by atoms with Crippen LogP contribution >= 0.6 is 0 Å². The Labute approximate surface area is 140 Å². The maximum absolute atomic E-state index is 12.1. The molecule has 0 bridgehead atoms. The molecule has 0 aromatic heterocycles. The Morgan fingerprint density at radius 2 is 1.50 bits per heavy atom. The summed E-state index contributed by atoms with van der Waals surface area (Å²) in [6, 6.07) is 16.1. The van der Waals surface area contributed by atoms with Gasteiger partial charge in [0.05, 0.1) is 4.90 Å². The number of ketones is 1. The predicted molar refractivity (Wildman–Crippen MR) is 90.5 cm³/mol. The average Bonchev–Trinajstić information content (AvgIpc) is 2.60. The number of hydrogen-bond donors (Lipinski definition) is 1. The van der Waals surface area contributed by atoms with Crippen LogP contribution in [0.4, 0.5) is 0 Å². The van der Waals surface area contributed by atoms with Gasteiger partial charge in [0.1, 0.15) is 11.5 Å². The molecule has 0 spiro atoms. The number of nitrogens with one attached hydrogen (secondary N) is 1. The molecule has 0 aliphatic heterocycles. The van der Waals surface area contributed by atoms with Crippen molar-refractivity contribution < 1.29 is 18.0 Å². The van der Waals surface area contributed by atoms with Crippen LogP contribution in [-0.4, -0.2) is 31.6 Å². The second kappa shape index (κ2) is 7.65. The summed E-state index contributed by atoms with van der Waals surface area (Å²) in [5, 5.41) is 3.68. The van der Waals surface area contributed by atoms with Crippen molar-refractivity contribution in [1.82, 2.24) is 5.43 Å². The van der Waals surface area contributed by atoms with Crippen LogP contribution in [0.2, 0.25) is 0 Å². The largest absolute Gasteiger partial charge is 0.287 e. The van der Waals surface area contributed by atoms with Crippen molar-refractivity contribution in [2.45, 2.75) is 11.8 Å². The van der Waals surface area contributed by atoms with E-state index in [4.69, 9.17) is 0 Å². The smallest absolute Gasteiger partial charge is 0.255 e. The van der Waals surface area contributed by atoms with Gasteiger partial charge in [0.25, 0.3) is 5.91 Å². The fourth-order valence-corrected chi connectivity index (χ4v) is 3.06. The van der Waals surface area contributed by atoms with Crippen molar-refractivity contribution in [3.8, 4) is 0 Å². The maximum atomic E-state index is 12.1. The van der Waals surface area contributed by atoms with Gasteiger partial charge in [-0.2, -0.15) is 5.10 Å². The van der Waals surface area contributed by atoms with Crippen molar-refractivity contribution in [1.29, 1.82) is 0 Å². The molecule has 24 heavy (non-hydrogen) atoms. The third-order valence-electron chi connectivity index (χ3n) is 3.14. The van der Waals surface area contributed by atoms with E-state index in [-0.39, 0.29) is 16.4 Å². The molecule has 0 heterocycles. The lowest BCUT2D eigenvalue weighted by molar-refractivity contribution is -0.118. The van der Waals surface area contributed by atoms with Crippen molar-refractivity contribution in [2.24, 2.45) is 5.10 Å². The van der Waals surface area contributed by atoms with E-state index >= 15 is 0 Å². The summed E-state index contributed by atoms with van der Waals surface area (Å²) in [6.07, 6.45) is 0. The molecule has 0 saturated carbocycles. The number of Topliss-reactive ketones (excluding diaryl/α,β-unsaturated/α-hetero) is 1. The van der Waals surface area contributed by atoms with E-state index in [0.29, 0.717) is 5.56 Å². The molecule has 0 unspecified atom stereocenters. The SMILES string of the molecule is C/C(=N/NC(=O)CS(=O)(=O)c1ccccc1)C(=O)c1ccccc1. The first-order valence-corrected chi connectivity index (χ1v) is 8.76. The summed E-state index contributed by atoms with van der Waals surface area (Å²) in [4.78, 5) is 23.9. The van der Waals surface area contributed by atoms with Crippen LogP contribution in [-0.2, 0) is 14.6 Å². The molecule has 2 aromatic rings. The lowest BCUT2D eigenvalue weighted by atomic mass is 10.1. The highest BCUT2D eigenvalue weighted by Gasteiger charge is 2.19. The highest BCUT2D eigenvalue weighted by molar-refractivity contribution is 7.92. The summed E-state index contributed by atoms with van der Waals surface area (Å²) in [5.74, 6) is -1.89. The van der Waals surface area contributed by atoms with Crippen LogP contribution in [0.1, 0.15) is 17.3 Å². The van der Waals surface area contributed by atoms with Crippen LogP contribution < -0.4 is 5.43 Å². The van der Waals surface area contributed by atoms with Gasteiger partial charge in [-0.15, -0.1) is 0 Å². The number of carbonyl (C=O) groups excluding carboxylic acids is 2. The summed E-state index contributed by atoms with van der Waals surface area (Å²) in [5.41, 5.74) is 2.60. The van der Waals surface area contributed by atoms with E-state index in [0.717, 1.165) is 0 Å². The number of nitrogens with zero attached hydrogens (tertiary/aromatic N) is 1. The number of amides is 1. The fourth-order valence-electron chi connectivity index (χ4n) is 1.91. The Hall–Kier alpha value is -2.80. The standard InChI is InChI=1S/C17H16N2O4S/c1-13(17(21)14-8-4-2-5-9-14)18-19-16(20)12-24(22,23)15-10-6-3-7-11-15/h2-11H,12H2,1H3,(H,19,20)/b18-13-. The van der Waals surface area contributed by atoms with Crippen molar-refractivity contribution in [3.63, 3.8) is 0 Å². The Kier molecular flexibility index (Phi) is 5.59. The maximum Gasteiger partial charge on any atom is 0.255 e. The first-order chi connectivity index (χ1) is 11.4. The molecular weight excluding hydrogens is 328 g/mol. The average molecular weight is 344 g/mol. The lowest BCUT2D eigenvalue weighted by Crippen LogP contribution is -2.28. The molecule has 0 atom stereocenters. The Bertz CT molecular complexity index is 860. The molecule has 0 aliphatic carbocycles. The Morgan fingerprint density at radius 3 is 2.08 bits per heavy atom. The first kappa shape index (κ1) is 17.6. The number of benzene rings is 2. The highest BCUT2D eigenvalue weighted by Crippen LogP contribution is 2.09. The molecule has 2 rings (SSSR count). The number of hydrogen-bond acceptors (Lipinski definition) is 5. The minimum absolute atomic E-state index is 0.0567. The fraction of sp³-hybridized carbons (Fsp3) is 0.118. The van der Waals surface area contributed by atoms with Gasteiger partial charge in [0.15, 0.2) is 9.84 Å². The molecule has 7 heteroatoms. The summed E-state index contributed by atoms with van der Waals surface area (Å²) in [6.45, 7) is 1.45. The van der Waals surface area contributed by atoms with E-state index < -0.39 is 21.5 Å². The van der Waals surface area contributed by atoms with E-state index in [1.165, 1.54) is 19.1 Å².